The molecule has 0 aromatic heterocycles. The van der Waals surface area contributed by atoms with Crippen LogP contribution in [0.15, 0.2) is 30.3 Å². The average Bonchev–Trinajstić information content (AvgIpc) is 2.95. The van der Waals surface area contributed by atoms with Crippen molar-refractivity contribution in [1.29, 1.82) is 0 Å². The van der Waals surface area contributed by atoms with E-state index in [9.17, 15) is 4.79 Å². The van der Waals surface area contributed by atoms with E-state index in [1.807, 2.05) is 30.0 Å². The van der Waals surface area contributed by atoms with Gasteiger partial charge >= 0.3 is 0 Å². The van der Waals surface area contributed by atoms with E-state index in [0.717, 1.165) is 25.1 Å². The fraction of sp³-hybridized carbons (Fsp3) is 0.588. The molecule has 0 bridgehead atoms. The molecule has 3 unspecified atom stereocenters. The molecule has 2 aliphatic heterocycles. The van der Waals surface area contributed by atoms with Gasteiger partial charge in [-0.25, -0.2) is 0 Å². The molecule has 1 N–H and O–H groups in total. The lowest BCUT2D eigenvalue weighted by Crippen LogP contribution is -2.51. The third-order valence-electron chi connectivity index (χ3n) is 4.60. The standard InChI is InChI=1S/C17H24N2O2/c1-13-10-19(16(20)17(2)8-9-18-12-17)11-15(21-13)14-6-4-3-5-7-14/h3-7,13,15,18H,8-12H2,1-2H3. The third-order valence-corrected chi connectivity index (χ3v) is 4.60. The number of morpholine rings is 1. The first-order chi connectivity index (χ1) is 10.1. The van der Waals surface area contributed by atoms with Crippen LogP contribution in [0.5, 0.6) is 0 Å². The Bertz CT molecular complexity index is 497. The van der Waals surface area contributed by atoms with E-state index in [0.29, 0.717) is 13.1 Å². The second-order valence-electron chi connectivity index (χ2n) is 6.54. The summed E-state index contributed by atoms with van der Waals surface area (Å²) in [6.45, 7) is 7.19. The molecule has 1 aromatic rings. The SMILES string of the molecule is CC1CN(C(=O)C2(C)CCNC2)CC(c2ccccc2)O1. The minimum atomic E-state index is -0.252. The molecular formula is C17H24N2O2. The van der Waals surface area contributed by atoms with Crippen molar-refractivity contribution in [3.05, 3.63) is 35.9 Å². The Morgan fingerprint density at radius 1 is 1.33 bits per heavy atom. The van der Waals surface area contributed by atoms with Gasteiger partial charge in [0.15, 0.2) is 0 Å². The molecule has 4 heteroatoms. The van der Waals surface area contributed by atoms with Gasteiger partial charge in [-0.2, -0.15) is 0 Å². The zero-order valence-corrected chi connectivity index (χ0v) is 12.8. The molecule has 1 aromatic carbocycles. The molecule has 3 atom stereocenters. The molecule has 3 rings (SSSR count). The molecule has 2 heterocycles. The highest BCUT2D eigenvalue weighted by Crippen LogP contribution is 2.31. The van der Waals surface area contributed by atoms with Gasteiger partial charge in [0, 0.05) is 13.1 Å². The smallest absolute Gasteiger partial charge is 0.230 e. The molecule has 1 amide bonds. The van der Waals surface area contributed by atoms with Crippen molar-refractivity contribution in [2.75, 3.05) is 26.2 Å². The van der Waals surface area contributed by atoms with Gasteiger partial charge in [-0.1, -0.05) is 30.3 Å². The van der Waals surface area contributed by atoms with E-state index < -0.39 is 0 Å². The third kappa shape index (κ3) is 2.97. The zero-order valence-electron chi connectivity index (χ0n) is 12.8. The van der Waals surface area contributed by atoms with Gasteiger partial charge in [-0.05, 0) is 32.4 Å². The highest BCUT2D eigenvalue weighted by molar-refractivity contribution is 5.83. The Kier molecular flexibility index (Phi) is 4.00. The molecule has 0 radical (unpaired) electrons. The van der Waals surface area contributed by atoms with Gasteiger partial charge in [0.05, 0.1) is 18.1 Å². The van der Waals surface area contributed by atoms with E-state index in [1.54, 1.807) is 0 Å². The van der Waals surface area contributed by atoms with Crippen LogP contribution in [0.2, 0.25) is 0 Å². The Morgan fingerprint density at radius 3 is 2.76 bits per heavy atom. The van der Waals surface area contributed by atoms with Crippen molar-refractivity contribution in [1.82, 2.24) is 10.2 Å². The molecule has 2 aliphatic rings. The first kappa shape index (κ1) is 14.5. The summed E-state index contributed by atoms with van der Waals surface area (Å²) < 4.78 is 6.04. The summed E-state index contributed by atoms with van der Waals surface area (Å²) in [7, 11) is 0. The number of carbonyl (C=O) groups excluding carboxylic acids is 1. The molecular weight excluding hydrogens is 264 g/mol. The molecule has 114 valence electrons. The summed E-state index contributed by atoms with van der Waals surface area (Å²) in [5.41, 5.74) is 0.898. The fourth-order valence-electron chi connectivity index (χ4n) is 3.35. The maximum Gasteiger partial charge on any atom is 0.230 e. The molecule has 0 aliphatic carbocycles. The van der Waals surface area contributed by atoms with Crippen molar-refractivity contribution < 1.29 is 9.53 Å². The number of nitrogens with one attached hydrogen (secondary N) is 1. The van der Waals surface area contributed by atoms with Crippen LogP contribution in [-0.4, -0.2) is 43.1 Å². The summed E-state index contributed by atoms with van der Waals surface area (Å²) in [5, 5.41) is 3.31. The lowest BCUT2D eigenvalue weighted by Gasteiger charge is -2.40. The van der Waals surface area contributed by atoms with Gasteiger partial charge in [-0.3, -0.25) is 4.79 Å². The molecule has 4 nitrogen and oxygen atoms in total. The summed E-state index contributed by atoms with van der Waals surface area (Å²) in [6.07, 6.45) is 0.982. The van der Waals surface area contributed by atoms with E-state index in [2.05, 4.69) is 24.4 Å². The second kappa shape index (κ2) is 5.78. The van der Waals surface area contributed by atoms with Crippen molar-refractivity contribution >= 4 is 5.91 Å². The Labute approximate surface area is 126 Å². The first-order valence-corrected chi connectivity index (χ1v) is 7.79. The molecule has 2 fully saturated rings. The topological polar surface area (TPSA) is 41.6 Å². The zero-order chi connectivity index (χ0) is 14.9. The van der Waals surface area contributed by atoms with Crippen LogP contribution in [0, 0.1) is 5.41 Å². The van der Waals surface area contributed by atoms with Gasteiger partial charge in [0.2, 0.25) is 5.91 Å². The van der Waals surface area contributed by atoms with Gasteiger partial charge in [0.25, 0.3) is 0 Å². The van der Waals surface area contributed by atoms with Crippen molar-refractivity contribution in [2.24, 2.45) is 5.41 Å². The second-order valence-corrected chi connectivity index (χ2v) is 6.54. The summed E-state index contributed by atoms with van der Waals surface area (Å²) in [6, 6.07) is 10.2. The van der Waals surface area contributed by atoms with Crippen molar-refractivity contribution in [2.45, 2.75) is 32.5 Å². The number of nitrogens with zero attached hydrogens (tertiary/aromatic N) is 1. The van der Waals surface area contributed by atoms with Crippen LogP contribution < -0.4 is 5.32 Å². The number of carbonyl (C=O) groups is 1. The number of hydrogen-bond donors (Lipinski definition) is 1. The maximum absolute atomic E-state index is 12.9. The predicted octanol–water partition coefficient (Wildman–Crippen LogP) is 1.97. The molecule has 21 heavy (non-hydrogen) atoms. The van der Waals surface area contributed by atoms with E-state index in [4.69, 9.17) is 4.74 Å². The maximum atomic E-state index is 12.9. The van der Waals surface area contributed by atoms with Crippen LogP contribution in [0.1, 0.15) is 31.9 Å². The average molecular weight is 288 g/mol. The van der Waals surface area contributed by atoms with E-state index in [-0.39, 0.29) is 23.5 Å². The van der Waals surface area contributed by atoms with Crippen molar-refractivity contribution in [3.8, 4) is 0 Å². The largest absolute Gasteiger partial charge is 0.367 e. The molecule has 0 spiro atoms. The van der Waals surface area contributed by atoms with E-state index in [1.165, 1.54) is 0 Å². The Morgan fingerprint density at radius 2 is 2.10 bits per heavy atom. The summed E-state index contributed by atoms with van der Waals surface area (Å²) in [5.74, 6) is 0.267. The summed E-state index contributed by atoms with van der Waals surface area (Å²) in [4.78, 5) is 14.9. The van der Waals surface area contributed by atoms with Gasteiger partial charge in [0.1, 0.15) is 6.10 Å². The predicted molar refractivity (Wildman–Crippen MR) is 81.9 cm³/mol. The molecule has 2 saturated heterocycles. The van der Waals surface area contributed by atoms with Crippen LogP contribution in [0.25, 0.3) is 0 Å². The van der Waals surface area contributed by atoms with Crippen LogP contribution in [0.4, 0.5) is 0 Å². The van der Waals surface area contributed by atoms with Crippen LogP contribution in [-0.2, 0) is 9.53 Å². The van der Waals surface area contributed by atoms with Crippen LogP contribution >= 0.6 is 0 Å². The minimum Gasteiger partial charge on any atom is -0.367 e. The highest BCUT2D eigenvalue weighted by Gasteiger charge is 2.41. The van der Waals surface area contributed by atoms with Gasteiger partial charge < -0.3 is 15.0 Å². The van der Waals surface area contributed by atoms with Crippen molar-refractivity contribution in [3.63, 3.8) is 0 Å². The number of benzene rings is 1. The number of rotatable bonds is 2. The van der Waals surface area contributed by atoms with E-state index >= 15 is 0 Å². The lowest BCUT2D eigenvalue weighted by atomic mass is 9.87. The highest BCUT2D eigenvalue weighted by atomic mass is 16.5. The summed E-state index contributed by atoms with van der Waals surface area (Å²) >= 11 is 0. The molecule has 0 saturated carbocycles. The van der Waals surface area contributed by atoms with Crippen LogP contribution in [0.3, 0.4) is 0 Å². The number of amides is 1. The van der Waals surface area contributed by atoms with Gasteiger partial charge in [-0.15, -0.1) is 0 Å². The number of hydrogen-bond acceptors (Lipinski definition) is 3. The monoisotopic (exact) mass is 288 g/mol. The fourth-order valence-corrected chi connectivity index (χ4v) is 3.35. The Hall–Kier alpha value is -1.39. The number of ether oxygens (including phenoxy) is 1. The minimum absolute atomic E-state index is 0.0168. The Balaban J connectivity index is 1.75. The lowest BCUT2D eigenvalue weighted by molar-refractivity contribution is -0.153. The first-order valence-electron chi connectivity index (χ1n) is 7.79. The quantitative estimate of drug-likeness (QED) is 0.904. The normalized spacial score (nSPS) is 33.1.